The molecule has 1 N–H and O–H groups in total. The predicted octanol–water partition coefficient (Wildman–Crippen LogP) is 1.24. The van der Waals surface area contributed by atoms with Gasteiger partial charge >= 0.3 is 0 Å². The lowest BCUT2D eigenvalue weighted by molar-refractivity contribution is -0.136. The highest BCUT2D eigenvalue weighted by molar-refractivity contribution is 5.79. The van der Waals surface area contributed by atoms with Crippen LogP contribution in [0.25, 0.3) is 0 Å². The minimum atomic E-state index is 0.357. The molecule has 3 fully saturated rings. The van der Waals surface area contributed by atoms with Crippen LogP contribution in [-0.4, -0.2) is 37.0 Å². The summed E-state index contributed by atoms with van der Waals surface area (Å²) in [5.41, 5.74) is 0. The first-order chi connectivity index (χ1) is 7.75. The van der Waals surface area contributed by atoms with Gasteiger partial charge in [0.15, 0.2) is 0 Å². The van der Waals surface area contributed by atoms with Crippen LogP contribution in [0.4, 0.5) is 0 Å². The average molecular weight is 222 g/mol. The normalized spacial score (nSPS) is 41.6. The second-order valence-corrected chi connectivity index (χ2v) is 5.87. The zero-order chi connectivity index (χ0) is 11.1. The molecule has 16 heavy (non-hydrogen) atoms. The van der Waals surface area contributed by atoms with E-state index in [9.17, 15) is 4.79 Å². The van der Waals surface area contributed by atoms with Crippen molar-refractivity contribution in [2.75, 3.05) is 20.1 Å². The summed E-state index contributed by atoms with van der Waals surface area (Å²) in [4.78, 5) is 14.3. The van der Waals surface area contributed by atoms with Gasteiger partial charge in [-0.15, -0.1) is 0 Å². The fourth-order valence-electron chi connectivity index (χ4n) is 3.55. The maximum absolute atomic E-state index is 12.3. The monoisotopic (exact) mass is 222 g/mol. The number of nitrogens with zero attached hydrogens (tertiary/aromatic N) is 1. The Morgan fingerprint density at radius 1 is 1.25 bits per heavy atom. The van der Waals surface area contributed by atoms with Crippen LogP contribution in [0.1, 0.15) is 32.1 Å². The molecule has 0 aromatic rings. The standard InChI is InChI=1S/C13H22N2O/c1-15(12-3-2-4-14-8-12)13(16)11-6-9-5-10(9)7-11/h9-12,14H,2-8H2,1H3. The number of nitrogens with one attached hydrogen (secondary N) is 1. The molecule has 0 radical (unpaired) electrons. The fourth-order valence-corrected chi connectivity index (χ4v) is 3.55. The molecule has 2 aliphatic carbocycles. The highest BCUT2D eigenvalue weighted by atomic mass is 16.2. The average Bonchev–Trinajstić information content (AvgIpc) is 2.95. The van der Waals surface area contributed by atoms with Crippen LogP contribution in [0.15, 0.2) is 0 Å². The van der Waals surface area contributed by atoms with Crippen molar-refractivity contribution < 1.29 is 4.79 Å². The number of piperidine rings is 1. The molecule has 0 bridgehead atoms. The Morgan fingerprint density at radius 3 is 2.62 bits per heavy atom. The summed E-state index contributed by atoms with van der Waals surface area (Å²) in [6, 6.07) is 0.443. The van der Waals surface area contributed by atoms with Gasteiger partial charge in [0.2, 0.25) is 5.91 Å². The smallest absolute Gasteiger partial charge is 0.225 e. The Balaban J connectivity index is 1.56. The molecule has 0 aromatic carbocycles. The largest absolute Gasteiger partial charge is 0.341 e. The second kappa shape index (κ2) is 4.02. The lowest BCUT2D eigenvalue weighted by Gasteiger charge is -2.33. The van der Waals surface area contributed by atoms with E-state index in [1.807, 2.05) is 11.9 Å². The molecule has 1 amide bonds. The van der Waals surface area contributed by atoms with Gasteiger partial charge in [-0.3, -0.25) is 4.79 Å². The van der Waals surface area contributed by atoms with Crippen LogP contribution in [0, 0.1) is 17.8 Å². The molecule has 1 aliphatic heterocycles. The Labute approximate surface area is 97.6 Å². The molecular weight excluding hydrogens is 200 g/mol. The van der Waals surface area contributed by atoms with Crippen LogP contribution in [0.3, 0.4) is 0 Å². The number of rotatable bonds is 2. The van der Waals surface area contributed by atoms with E-state index >= 15 is 0 Å². The van der Waals surface area contributed by atoms with E-state index in [0.717, 1.165) is 24.9 Å². The first kappa shape index (κ1) is 10.6. The zero-order valence-corrected chi connectivity index (χ0v) is 10.1. The highest BCUT2D eigenvalue weighted by Crippen LogP contribution is 2.54. The Morgan fingerprint density at radius 2 is 2.00 bits per heavy atom. The van der Waals surface area contributed by atoms with Gasteiger partial charge in [-0.2, -0.15) is 0 Å². The molecule has 90 valence electrons. The molecule has 3 heteroatoms. The molecule has 1 heterocycles. The van der Waals surface area contributed by atoms with E-state index < -0.39 is 0 Å². The van der Waals surface area contributed by atoms with Crippen LogP contribution in [0.2, 0.25) is 0 Å². The summed E-state index contributed by atoms with van der Waals surface area (Å²) in [6.45, 7) is 2.11. The molecular formula is C13H22N2O. The maximum atomic E-state index is 12.3. The molecule has 1 saturated heterocycles. The Bertz CT molecular complexity index is 276. The van der Waals surface area contributed by atoms with Crippen molar-refractivity contribution >= 4 is 5.91 Å². The lowest BCUT2D eigenvalue weighted by Crippen LogP contribution is -2.48. The minimum Gasteiger partial charge on any atom is -0.341 e. The Kier molecular flexibility index (Phi) is 2.66. The first-order valence-electron chi connectivity index (χ1n) is 6.73. The summed E-state index contributed by atoms with van der Waals surface area (Å²) in [6.07, 6.45) is 6.13. The summed E-state index contributed by atoms with van der Waals surface area (Å²) in [7, 11) is 2.00. The fraction of sp³-hybridized carbons (Fsp3) is 0.923. The van der Waals surface area contributed by atoms with Crippen LogP contribution >= 0.6 is 0 Å². The van der Waals surface area contributed by atoms with Gasteiger partial charge in [0, 0.05) is 25.6 Å². The van der Waals surface area contributed by atoms with Gasteiger partial charge in [-0.1, -0.05) is 0 Å². The van der Waals surface area contributed by atoms with E-state index in [2.05, 4.69) is 5.32 Å². The number of carbonyl (C=O) groups excluding carboxylic acids is 1. The maximum Gasteiger partial charge on any atom is 0.225 e. The number of amides is 1. The molecule has 3 aliphatic rings. The van der Waals surface area contributed by atoms with E-state index in [4.69, 9.17) is 0 Å². The highest BCUT2D eigenvalue weighted by Gasteiger charge is 2.48. The van der Waals surface area contributed by atoms with Gasteiger partial charge in [0.1, 0.15) is 0 Å². The molecule has 3 atom stereocenters. The van der Waals surface area contributed by atoms with Crippen LogP contribution in [-0.2, 0) is 4.79 Å². The van der Waals surface area contributed by atoms with Crippen molar-refractivity contribution in [1.29, 1.82) is 0 Å². The van der Waals surface area contributed by atoms with Crippen molar-refractivity contribution in [3.63, 3.8) is 0 Å². The number of hydrogen-bond acceptors (Lipinski definition) is 2. The van der Waals surface area contributed by atoms with E-state index in [1.54, 1.807) is 0 Å². The third-order valence-corrected chi connectivity index (χ3v) is 4.76. The molecule has 0 aromatic heterocycles. The molecule has 3 nitrogen and oxygen atoms in total. The van der Waals surface area contributed by atoms with Crippen molar-refractivity contribution in [2.24, 2.45) is 17.8 Å². The number of carbonyl (C=O) groups is 1. The van der Waals surface area contributed by atoms with Crippen molar-refractivity contribution in [1.82, 2.24) is 10.2 Å². The SMILES string of the molecule is CN(C(=O)C1CC2CC2C1)C1CCCNC1. The topological polar surface area (TPSA) is 32.3 Å². The van der Waals surface area contributed by atoms with E-state index in [0.29, 0.717) is 17.9 Å². The summed E-state index contributed by atoms with van der Waals surface area (Å²) < 4.78 is 0. The van der Waals surface area contributed by atoms with Crippen LogP contribution in [0.5, 0.6) is 0 Å². The lowest BCUT2D eigenvalue weighted by atomic mass is 9.99. The van der Waals surface area contributed by atoms with Gasteiger partial charge in [-0.05, 0) is 50.5 Å². The number of fused-ring (bicyclic) bond motifs is 1. The summed E-state index contributed by atoms with van der Waals surface area (Å²) in [5.74, 6) is 2.59. The van der Waals surface area contributed by atoms with Gasteiger partial charge in [-0.25, -0.2) is 0 Å². The van der Waals surface area contributed by atoms with Gasteiger partial charge in [0.25, 0.3) is 0 Å². The first-order valence-corrected chi connectivity index (χ1v) is 6.73. The van der Waals surface area contributed by atoms with Crippen molar-refractivity contribution in [3.8, 4) is 0 Å². The van der Waals surface area contributed by atoms with Crippen molar-refractivity contribution in [3.05, 3.63) is 0 Å². The minimum absolute atomic E-state index is 0.357. The van der Waals surface area contributed by atoms with E-state index in [-0.39, 0.29) is 0 Å². The van der Waals surface area contributed by atoms with Crippen molar-refractivity contribution in [2.45, 2.75) is 38.1 Å². The third-order valence-electron chi connectivity index (χ3n) is 4.76. The Hall–Kier alpha value is -0.570. The molecule has 2 saturated carbocycles. The molecule has 0 spiro atoms. The van der Waals surface area contributed by atoms with E-state index in [1.165, 1.54) is 32.1 Å². The second-order valence-electron chi connectivity index (χ2n) is 5.87. The predicted molar refractivity (Wildman–Crippen MR) is 63.0 cm³/mol. The molecule has 3 rings (SSSR count). The number of likely N-dealkylation sites (N-methyl/N-ethyl adjacent to an activating group) is 1. The summed E-state index contributed by atoms with van der Waals surface area (Å²) >= 11 is 0. The summed E-state index contributed by atoms with van der Waals surface area (Å²) in [5, 5.41) is 3.38. The number of hydrogen-bond donors (Lipinski definition) is 1. The third kappa shape index (κ3) is 1.86. The quantitative estimate of drug-likeness (QED) is 0.762. The van der Waals surface area contributed by atoms with Gasteiger partial charge < -0.3 is 10.2 Å². The molecule has 3 unspecified atom stereocenters. The van der Waals surface area contributed by atoms with Crippen LogP contribution < -0.4 is 5.32 Å². The zero-order valence-electron chi connectivity index (χ0n) is 10.1. The van der Waals surface area contributed by atoms with Gasteiger partial charge in [0.05, 0.1) is 0 Å².